The molecule has 4 aromatic rings. The number of benzene rings is 3. The summed E-state index contributed by atoms with van der Waals surface area (Å²) in [6, 6.07) is 19.4. The Hall–Kier alpha value is -4.50. The molecule has 1 unspecified atom stereocenters. The maximum atomic E-state index is 13.8. The zero-order chi connectivity index (χ0) is 26.8. The van der Waals surface area contributed by atoms with Crippen LogP contribution in [-0.4, -0.2) is 42.0 Å². The summed E-state index contributed by atoms with van der Waals surface area (Å²) in [4.78, 5) is 18.5. The molecule has 0 bridgehead atoms. The van der Waals surface area contributed by atoms with E-state index < -0.39 is 6.04 Å². The molecule has 9 nitrogen and oxygen atoms in total. The molecule has 0 fully saturated rings. The molecule has 3 aromatic carbocycles. The number of nitrogens with zero attached hydrogens (tertiary/aromatic N) is 3. The number of methoxy groups -OCH3 is 3. The van der Waals surface area contributed by atoms with Crippen LogP contribution < -0.4 is 24.8 Å². The van der Waals surface area contributed by atoms with E-state index in [-0.39, 0.29) is 5.91 Å². The Kier molecular flexibility index (Phi) is 6.93. The number of amides is 1. The Bertz CT molecular complexity index is 1530. The SMILES string of the molecule is COc1cc(OC)c(C2C(C(=O)Nc3ccccc3)=C(C)Nc3nc(-c4ccccc4Cl)nn32)cc1OC. The molecule has 2 heterocycles. The number of allylic oxidation sites excluding steroid dienone is 1. The van der Waals surface area contributed by atoms with Crippen molar-refractivity contribution in [3.05, 3.63) is 88.6 Å². The fraction of sp³-hybridized carbons (Fsp3) is 0.179. The summed E-state index contributed by atoms with van der Waals surface area (Å²) in [7, 11) is 4.66. The van der Waals surface area contributed by atoms with Gasteiger partial charge in [0, 0.05) is 28.6 Å². The van der Waals surface area contributed by atoms with Gasteiger partial charge in [0.25, 0.3) is 5.91 Å². The van der Waals surface area contributed by atoms with E-state index in [1.807, 2.05) is 55.5 Å². The third-order valence-corrected chi connectivity index (χ3v) is 6.60. The first-order valence-corrected chi connectivity index (χ1v) is 12.2. The topological polar surface area (TPSA) is 99.5 Å². The quantitative estimate of drug-likeness (QED) is 0.322. The third kappa shape index (κ3) is 4.52. The molecule has 194 valence electrons. The van der Waals surface area contributed by atoms with Gasteiger partial charge in [-0.3, -0.25) is 4.79 Å². The average Bonchev–Trinajstić information content (AvgIpc) is 3.35. The number of nitrogens with one attached hydrogen (secondary N) is 2. The van der Waals surface area contributed by atoms with Crippen LogP contribution in [0.2, 0.25) is 5.02 Å². The van der Waals surface area contributed by atoms with Crippen molar-refractivity contribution < 1.29 is 19.0 Å². The van der Waals surface area contributed by atoms with Gasteiger partial charge in [-0.05, 0) is 37.3 Å². The van der Waals surface area contributed by atoms with Gasteiger partial charge >= 0.3 is 0 Å². The van der Waals surface area contributed by atoms with Gasteiger partial charge in [0.05, 0.1) is 31.9 Å². The van der Waals surface area contributed by atoms with Crippen molar-refractivity contribution in [2.75, 3.05) is 32.0 Å². The second-order valence-corrected chi connectivity index (χ2v) is 8.93. The standard InChI is InChI=1S/C28H26ClN5O4/c1-16-24(27(35)31-17-10-6-5-7-11-17)25(19-14-22(37-3)23(38-4)15-21(19)36-2)34-28(30-16)32-26(33-34)18-12-8-9-13-20(18)29/h5-15,25H,1-4H3,(H,31,35)(H,30,32,33). The Morgan fingerprint density at radius 3 is 2.29 bits per heavy atom. The van der Waals surface area contributed by atoms with Crippen LogP contribution in [0.1, 0.15) is 18.5 Å². The van der Waals surface area contributed by atoms with E-state index in [9.17, 15) is 4.79 Å². The molecular weight excluding hydrogens is 506 g/mol. The predicted octanol–water partition coefficient (Wildman–Crippen LogP) is 5.55. The molecule has 38 heavy (non-hydrogen) atoms. The van der Waals surface area contributed by atoms with Crippen molar-refractivity contribution in [1.82, 2.24) is 14.8 Å². The number of hydrogen-bond donors (Lipinski definition) is 2. The van der Waals surface area contributed by atoms with Gasteiger partial charge < -0.3 is 24.8 Å². The highest BCUT2D eigenvalue weighted by atomic mass is 35.5. The highest BCUT2D eigenvalue weighted by molar-refractivity contribution is 6.33. The van der Waals surface area contributed by atoms with E-state index in [0.29, 0.717) is 62.1 Å². The lowest BCUT2D eigenvalue weighted by Gasteiger charge is -2.30. The summed E-state index contributed by atoms with van der Waals surface area (Å²) in [5, 5.41) is 11.6. The van der Waals surface area contributed by atoms with Crippen molar-refractivity contribution in [3.63, 3.8) is 0 Å². The molecule has 0 radical (unpaired) electrons. The number of carbonyl (C=O) groups is 1. The highest BCUT2D eigenvalue weighted by Crippen LogP contribution is 2.44. The fourth-order valence-corrected chi connectivity index (χ4v) is 4.70. The minimum atomic E-state index is -0.714. The minimum absolute atomic E-state index is 0.302. The Morgan fingerprint density at radius 2 is 1.61 bits per heavy atom. The van der Waals surface area contributed by atoms with Crippen LogP contribution in [0.4, 0.5) is 11.6 Å². The first-order valence-electron chi connectivity index (χ1n) is 11.8. The van der Waals surface area contributed by atoms with Crippen LogP contribution in [0.5, 0.6) is 17.2 Å². The van der Waals surface area contributed by atoms with Crippen molar-refractivity contribution in [3.8, 4) is 28.6 Å². The van der Waals surface area contributed by atoms with Gasteiger partial charge in [-0.1, -0.05) is 41.9 Å². The lowest BCUT2D eigenvalue weighted by Crippen LogP contribution is -2.31. The van der Waals surface area contributed by atoms with Gasteiger partial charge in [-0.2, -0.15) is 4.98 Å². The van der Waals surface area contributed by atoms with Gasteiger partial charge in [0.2, 0.25) is 5.95 Å². The average molecular weight is 532 g/mol. The number of fused-ring (bicyclic) bond motifs is 1. The lowest BCUT2D eigenvalue weighted by molar-refractivity contribution is -0.113. The van der Waals surface area contributed by atoms with E-state index >= 15 is 0 Å². The van der Waals surface area contributed by atoms with Crippen LogP contribution in [0.15, 0.2) is 78.0 Å². The number of aromatic nitrogens is 3. The lowest BCUT2D eigenvalue weighted by atomic mass is 9.93. The van der Waals surface area contributed by atoms with E-state index in [0.717, 1.165) is 0 Å². The predicted molar refractivity (Wildman–Crippen MR) is 146 cm³/mol. The first-order chi connectivity index (χ1) is 18.4. The number of hydrogen-bond acceptors (Lipinski definition) is 7. The smallest absolute Gasteiger partial charge is 0.255 e. The zero-order valence-electron chi connectivity index (χ0n) is 21.3. The molecule has 1 atom stereocenters. The largest absolute Gasteiger partial charge is 0.496 e. The summed E-state index contributed by atoms with van der Waals surface area (Å²) >= 11 is 6.46. The summed E-state index contributed by atoms with van der Waals surface area (Å²) in [6.07, 6.45) is 0. The molecule has 1 aliphatic rings. The summed E-state index contributed by atoms with van der Waals surface area (Å²) in [5.41, 5.74) is 3.02. The summed E-state index contributed by atoms with van der Waals surface area (Å²) < 4.78 is 18.5. The maximum Gasteiger partial charge on any atom is 0.255 e. The second-order valence-electron chi connectivity index (χ2n) is 8.52. The normalized spacial score (nSPS) is 14.4. The summed E-state index contributed by atoms with van der Waals surface area (Å²) in [5.74, 6) is 2.04. The monoisotopic (exact) mass is 531 g/mol. The molecule has 0 spiro atoms. The number of rotatable bonds is 7. The molecule has 1 aliphatic heterocycles. The van der Waals surface area contributed by atoms with Crippen LogP contribution in [0, 0.1) is 0 Å². The highest BCUT2D eigenvalue weighted by Gasteiger charge is 2.37. The molecule has 5 rings (SSSR count). The van der Waals surface area contributed by atoms with E-state index in [4.69, 9.17) is 35.9 Å². The van der Waals surface area contributed by atoms with Crippen LogP contribution in [0.3, 0.4) is 0 Å². The Labute approximate surface area is 225 Å². The fourth-order valence-electron chi connectivity index (χ4n) is 4.48. The molecule has 10 heteroatoms. The molecule has 0 saturated carbocycles. The molecule has 1 aromatic heterocycles. The van der Waals surface area contributed by atoms with Gasteiger partial charge in [-0.15, -0.1) is 5.10 Å². The number of carbonyl (C=O) groups excluding carboxylic acids is 1. The molecular formula is C28H26ClN5O4. The second kappa shape index (κ2) is 10.5. The number of halogens is 1. The van der Waals surface area contributed by atoms with Crippen molar-refractivity contribution in [1.29, 1.82) is 0 Å². The molecule has 1 amide bonds. The van der Waals surface area contributed by atoms with E-state index in [1.165, 1.54) is 0 Å². The minimum Gasteiger partial charge on any atom is -0.496 e. The van der Waals surface area contributed by atoms with Gasteiger partial charge in [-0.25, -0.2) is 4.68 Å². The zero-order valence-corrected chi connectivity index (χ0v) is 22.0. The molecule has 2 N–H and O–H groups in total. The van der Waals surface area contributed by atoms with Crippen molar-refractivity contribution >= 4 is 29.1 Å². The van der Waals surface area contributed by atoms with Gasteiger partial charge in [0.15, 0.2) is 17.3 Å². The van der Waals surface area contributed by atoms with E-state index in [2.05, 4.69) is 10.6 Å². The van der Waals surface area contributed by atoms with Crippen LogP contribution in [0.25, 0.3) is 11.4 Å². The summed E-state index contributed by atoms with van der Waals surface area (Å²) in [6.45, 7) is 1.83. The van der Waals surface area contributed by atoms with Gasteiger partial charge in [0.1, 0.15) is 11.8 Å². The third-order valence-electron chi connectivity index (χ3n) is 6.27. The Balaban J connectivity index is 1.71. The van der Waals surface area contributed by atoms with Crippen LogP contribution >= 0.6 is 11.6 Å². The first kappa shape index (κ1) is 25.2. The van der Waals surface area contributed by atoms with E-state index in [1.54, 1.807) is 44.2 Å². The maximum absolute atomic E-state index is 13.8. The van der Waals surface area contributed by atoms with Crippen molar-refractivity contribution in [2.45, 2.75) is 13.0 Å². The van der Waals surface area contributed by atoms with Crippen molar-refractivity contribution in [2.24, 2.45) is 0 Å². The van der Waals surface area contributed by atoms with Crippen LogP contribution in [-0.2, 0) is 4.79 Å². The number of para-hydroxylation sites is 1. The number of anilines is 2. The molecule has 0 saturated heterocycles. The Morgan fingerprint density at radius 1 is 0.947 bits per heavy atom. The molecule has 0 aliphatic carbocycles. The number of ether oxygens (including phenoxy) is 3.